The fraction of sp³-hybridized carbons (Fsp3) is 0.444. The van der Waals surface area contributed by atoms with Crippen LogP contribution in [0.2, 0.25) is 0 Å². The van der Waals surface area contributed by atoms with Crippen LogP contribution in [-0.4, -0.2) is 53.8 Å². The number of nitrogens with zero attached hydrogens (tertiary/aromatic N) is 3. The van der Waals surface area contributed by atoms with Gasteiger partial charge in [0.1, 0.15) is 10.8 Å². The third-order valence-electron chi connectivity index (χ3n) is 4.32. The van der Waals surface area contributed by atoms with Crippen LogP contribution in [-0.2, 0) is 4.74 Å². The lowest BCUT2D eigenvalue weighted by molar-refractivity contribution is 0.102. The Labute approximate surface area is 166 Å². The minimum atomic E-state index is -0.456. The first kappa shape index (κ1) is 20.2. The van der Waals surface area contributed by atoms with E-state index in [0.717, 1.165) is 30.6 Å². The van der Waals surface area contributed by atoms with Crippen molar-refractivity contribution in [3.63, 3.8) is 0 Å². The van der Waals surface area contributed by atoms with Crippen LogP contribution in [0.5, 0.6) is 0 Å². The third-order valence-corrected chi connectivity index (χ3v) is 5.34. The summed E-state index contributed by atoms with van der Waals surface area (Å²) in [5.74, 6) is -0.892. The van der Waals surface area contributed by atoms with E-state index in [-0.39, 0.29) is 17.1 Å². The van der Waals surface area contributed by atoms with E-state index in [4.69, 9.17) is 4.74 Å². The number of hydrogen-bond acceptors (Lipinski definition) is 6. The van der Waals surface area contributed by atoms with Crippen LogP contribution in [0.4, 0.5) is 14.9 Å². The number of benzene rings is 1. The Kier molecular flexibility index (Phi) is 6.88. The molecule has 2 N–H and O–H groups in total. The number of ether oxygens (including phenoxy) is 1. The average molecular weight is 407 g/mol. The van der Waals surface area contributed by atoms with Crippen LogP contribution in [0.15, 0.2) is 24.3 Å². The van der Waals surface area contributed by atoms with Crippen molar-refractivity contribution in [3.05, 3.63) is 40.1 Å². The highest BCUT2D eigenvalue weighted by atomic mass is 32.1. The second kappa shape index (κ2) is 9.56. The monoisotopic (exact) mass is 407 g/mol. The van der Waals surface area contributed by atoms with Gasteiger partial charge in [-0.3, -0.25) is 4.79 Å². The summed E-state index contributed by atoms with van der Waals surface area (Å²) in [5.41, 5.74) is 0.347. The van der Waals surface area contributed by atoms with Gasteiger partial charge < -0.3 is 20.3 Å². The Morgan fingerprint density at radius 1 is 1.39 bits per heavy atom. The van der Waals surface area contributed by atoms with E-state index in [0.29, 0.717) is 30.4 Å². The van der Waals surface area contributed by atoms with E-state index >= 15 is 0 Å². The second-order valence-corrected chi connectivity index (χ2v) is 7.35. The predicted molar refractivity (Wildman–Crippen MR) is 103 cm³/mol. The lowest BCUT2D eigenvalue weighted by Gasteiger charge is -2.23. The Balaban J connectivity index is 1.61. The zero-order chi connectivity index (χ0) is 19.9. The normalized spacial score (nSPS) is 16.2. The van der Waals surface area contributed by atoms with Crippen molar-refractivity contribution in [2.75, 3.05) is 32.1 Å². The molecule has 1 aliphatic rings. The van der Waals surface area contributed by atoms with Gasteiger partial charge in [0.05, 0.1) is 6.04 Å². The number of carbonyl (C=O) groups is 2. The molecule has 1 fully saturated rings. The minimum Gasteiger partial charge on any atom is -0.385 e. The number of likely N-dealkylation sites (tertiary alicyclic amines) is 1. The fourth-order valence-corrected chi connectivity index (χ4v) is 3.88. The lowest BCUT2D eigenvalue weighted by Crippen LogP contribution is -2.40. The van der Waals surface area contributed by atoms with Gasteiger partial charge in [0.15, 0.2) is 0 Å². The summed E-state index contributed by atoms with van der Waals surface area (Å²) < 4.78 is 18.2. The number of nitrogens with one attached hydrogen (secondary N) is 2. The van der Waals surface area contributed by atoms with Gasteiger partial charge in [-0.25, -0.2) is 9.18 Å². The van der Waals surface area contributed by atoms with Gasteiger partial charge >= 0.3 is 6.03 Å². The highest BCUT2D eigenvalue weighted by Crippen LogP contribution is 2.33. The molecule has 1 unspecified atom stereocenters. The Hall–Kier alpha value is -2.59. The van der Waals surface area contributed by atoms with Crippen molar-refractivity contribution >= 4 is 29.0 Å². The number of halogens is 1. The van der Waals surface area contributed by atoms with Gasteiger partial charge in [0.2, 0.25) is 5.01 Å². The molecule has 3 amide bonds. The smallest absolute Gasteiger partial charge is 0.317 e. The molecule has 1 aliphatic heterocycles. The molecule has 8 nitrogen and oxygen atoms in total. The van der Waals surface area contributed by atoms with E-state index in [1.807, 2.05) is 0 Å². The van der Waals surface area contributed by atoms with Gasteiger partial charge in [-0.15, -0.1) is 10.2 Å². The molecule has 10 heteroatoms. The topological polar surface area (TPSA) is 96.4 Å². The number of methoxy groups -OCH3 is 1. The molecule has 1 atom stereocenters. The van der Waals surface area contributed by atoms with Crippen molar-refractivity contribution in [1.29, 1.82) is 0 Å². The number of aromatic nitrogens is 2. The zero-order valence-electron chi connectivity index (χ0n) is 15.5. The molecular weight excluding hydrogens is 385 g/mol. The predicted octanol–water partition coefficient (Wildman–Crippen LogP) is 2.81. The molecule has 0 radical (unpaired) electrons. The maximum absolute atomic E-state index is 13.3. The lowest BCUT2D eigenvalue weighted by atomic mass is 10.2. The van der Waals surface area contributed by atoms with E-state index in [1.165, 1.54) is 18.2 Å². The molecule has 28 heavy (non-hydrogen) atoms. The first-order chi connectivity index (χ1) is 13.6. The molecule has 0 aliphatic carbocycles. The number of amides is 3. The summed E-state index contributed by atoms with van der Waals surface area (Å²) in [5, 5.41) is 14.3. The van der Waals surface area contributed by atoms with E-state index in [9.17, 15) is 14.0 Å². The molecule has 1 aromatic heterocycles. The Morgan fingerprint density at radius 2 is 2.25 bits per heavy atom. The summed E-state index contributed by atoms with van der Waals surface area (Å²) in [6, 6.07) is 5.28. The summed E-state index contributed by atoms with van der Waals surface area (Å²) in [7, 11) is 1.62. The third kappa shape index (κ3) is 5.02. The minimum absolute atomic E-state index is 0.153. The van der Waals surface area contributed by atoms with Gasteiger partial charge in [-0.05, 0) is 37.5 Å². The maximum Gasteiger partial charge on any atom is 0.317 e. The highest BCUT2D eigenvalue weighted by molar-refractivity contribution is 7.13. The zero-order valence-corrected chi connectivity index (χ0v) is 16.3. The molecule has 150 valence electrons. The molecule has 0 saturated carbocycles. The van der Waals surface area contributed by atoms with Crippen LogP contribution in [0, 0.1) is 5.82 Å². The van der Waals surface area contributed by atoms with Crippen LogP contribution in [0.1, 0.15) is 40.1 Å². The average Bonchev–Trinajstić information content (AvgIpc) is 3.34. The Morgan fingerprint density at radius 3 is 3.04 bits per heavy atom. The quantitative estimate of drug-likeness (QED) is 0.688. The molecule has 2 heterocycles. The number of rotatable bonds is 7. The van der Waals surface area contributed by atoms with Gasteiger partial charge in [0.25, 0.3) is 5.91 Å². The van der Waals surface area contributed by atoms with Crippen molar-refractivity contribution in [3.8, 4) is 0 Å². The van der Waals surface area contributed by atoms with Crippen molar-refractivity contribution < 1.29 is 18.7 Å². The van der Waals surface area contributed by atoms with Crippen LogP contribution < -0.4 is 10.6 Å². The number of urea groups is 1. The maximum atomic E-state index is 13.3. The van der Waals surface area contributed by atoms with Crippen LogP contribution in [0.25, 0.3) is 0 Å². The van der Waals surface area contributed by atoms with Crippen LogP contribution >= 0.6 is 11.3 Å². The summed E-state index contributed by atoms with van der Waals surface area (Å²) >= 11 is 1.15. The van der Waals surface area contributed by atoms with E-state index in [2.05, 4.69) is 20.8 Å². The standard InChI is InChI=1S/C18H22FN5O3S/c1-27-10-4-8-20-18(26)24-9-3-7-14(24)16-22-23-17(28-16)15(25)21-13-6-2-5-12(19)11-13/h2,5-6,11,14H,3-4,7-10H2,1H3,(H,20,26)(H,21,25). The first-order valence-electron chi connectivity index (χ1n) is 9.02. The van der Waals surface area contributed by atoms with Gasteiger partial charge in [-0.1, -0.05) is 17.4 Å². The molecule has 1 saturated heterocycles. The largest absolute Gasteiger partial charge is 0.385 e. The fourth-order valence-electron chi connectivity index (χ4n) is 2.99. The number of hydrogen-bond donors (Lipinski definition) is 2. The first-order valence-corrected chi connectivity index (χ1v) is 9.84. The second-order valence-electron chi connectivity index (χ2n) is 6.34. The number of carbonyl (C=O) groups excluding carboxylic acids is 2. The number of anilines is 1. The summed E-state index contributed by atoms with van der Waals surface area (Å²) in [6.45, 7) is 1.75. The molecule has 1 aromatic carbocycles. The van der Waals surface area contributed by atoms with Crippen molar-refractivity contribution in [1.82, 2.24) is 20.4 Å². The van der Waals surface area contributed by atoms with E-state index < -0.39 is 11.7 Å². The molecule has 3 rings (SSSR count). The van der Waals surface area contributed by atoms with Gasteiger partial charge in [0, 0.05) is 32.5 Å². The molecule has 2 aromatic rings. The Bertz CT molecular complexity index is 831. The van der Waals surface area contributed by atoms with Crippen molar-refractivity contribution in [2.24, 2.45) is 0 Å². The van der Waals surface area contributed by atoms with Gasteiger partial charge in [-0.2, -0.15) is 0 Å². The summed E-state index contributed by atoms with van der Waals surface area (Å²) in [4.78, 5) is 26.5. The van der Waals surface area contributed by atoms with Crippen LogP contribution in [0.3, 0.4) is 0 Å². The van der Waals surface area contributed by atoms with E-state index in [1.54, 1.807) is 18.1 Å². The SMILES string of the molecule is COCCCNC(=O)N1CCCC1c1nnc(C(=O)Nc2cccc(F)c2)s1. The molecule has 0 bridgehead atoms. The molecule has 0 spiro atoms. The van der Waals surface area contributed by atoms with Crippen molar-refractivity contribution in [2.45, 2.75) is 25.3 Å². The summed E-state index contributed by atoms with van der Waals surface area (Å²) in [6.07, 6.45) is 2.37. The molecular formula is C18H22FN5O3S. The highest BCUT2D eigenvalue weighted by Gasteiger charge is 2.33.